The van der Waals surface area contributed by atoms with Crippen molar-refractivity contribution in [3.63, 3.8) is 0 Å². The van der Waals surface area contributed by atoms with Gasteiger partial charge in [0.05, 0.1) is 4.90 Å². The Labute approximate surface area is 133 Å². The van der Waals surface area contributed by atoms with Crippen LogP contribution in [0.4, 0.5) is 0 Å². The number of sulfonamides is 1. The third-order valence-corrected chi connectivity index (χ3v) is 4.77. The Kier molecular flexibility index (Phi) is 3.90. The highest BCUT2D eigenvalue weighted by molar-refractivity contribution is 7.89. The van der Waals surface area contributed by atoms with Crippen LogP contribution in [0.25, 0.3) is 11.1 Å². The van der Waals surface area contributed by atoms with Crippen LogP contribution in [0, 0.1) is 6.92 Å². The van der Waals surface area contributed by atoms with Gasteiger partial charge < -0.3 is 4.42 Å². The van der Waals surface area contributed by atoms with E-state index >= 15 is 0 Å². The lowest BCUT2D eigenvalue weighted by Crippen LogP contribution is -2.23. The minimum absolute atomic E-state index is 0.137. The van der Waals surface area contributed by atoms with E-state index in [4.69, 9.17) is 16.0 Å². The predicted octanol–water partition coefficient (Wildman–Crippen LogP) is 3.27. The number of hydrogen-bond donors (Lipinski definition) is 1. The third kappa shape index (κ3) is 3.14. The van der Waals surface area contributed by atoms with E-state index in [1.165, 1.54) is 12.1 Å². The Morgan fingerprint density at radius 3 is 2.82 bits per heavy atom. The number of halogens is 1. The molecule has 0 spiro atoms. The summed E-state index contributed by atoms with van der Waals surface area (Å²) < 4.78 is 32.4. The first-order valence-corrected chi connectivity index (χ1v) is 8.41. The number of fused-ring (bicyclic) bond motifs is 1. The molecule has 114 valence electrons. The van der Waals surface area contributed by atoms with Crippen LogP contribution in [-0.4, -0.2) is 13.4 Å². The molecular weight excluding hydrogens is 324 g/mol. The molecule has 5 nitrogen and oxygen atoms in total. The molecule has 3 aromatic rings. The van der Waals surface area contributed by atoms with Crippen LogP contribution in [0.15, 0.2) is 51.8 Å². The maximum Gasteiger partial charge on any atom is 0.240 e. The van der Waals surface area contributed by atoms with Gasteiger partial charge >= 0.3 is 0 Å². The first-order chi connectivity index (χ1) is 10.4. The largest absolute Gasteiger partial charge is 0.441 e. The summed E-state index contributed by atoms with van der Waals surface area (Å²) >= 11 is 5.82. The topological polar surface area (TPSA) is 72.2 Å². The fourth-order valence-electron chi connectivity index (χ4n) is 2.09. The molecule has 7 heteroatoms. The normalized spacial score (nSPS) is 11.9. The molecule has 0 atom stereocenters. The fourth-order valence-corrected chi connectivity index (χ4v) is 3.41. The Bertz CT molecular complexity index is 935. The average molecular weight is 337 g/mol. The highest BCUT2D eigenvalue weighted by Crippen LogP contribution is 2.18. The van der Waals surface area contributed by atoms with Crippen molar-refractivity contribution < 1.29 is 12.8 Å². The number of nitrogens with one attached hydrogen (secondary N) is 1. The van der Waals surface area contributed by atoms with Gasteiger partial charge in [0.15, 0.2) is 11.5 Å². The number of aromatic nitrogens is 1. The van der Waals surface area contributed by atoms with Crippen molar-refractivity contribution in [1.82, 2.24) is 9.71 Å². The van der Waals surface area contributed by atoms with Crippen molar-refractivity contribution >= 4 is 32.7 Å². The standard InChI is InChI=1S/C15H13ClN2O3S/c1-10-18-14-7-11(5-6-15(14)21-10)9-17-22(19,20)13-4-2-3-12(16)8-13/h2-8,17H,9H2,1H3. The van der Waals surface area contributed by atoms with Crippen LogP contribution < -0.4 is 4.72 Å². The van der Waals surface area contributed by atoms with Gasteiger partial charge in [-0.05, 0) is 35.9 Å². The van der Waals surface area contributed by atoms with E-state index < -0.39 is 10.0 Å². The van der Waals surface area contributed by atoms with E-state index in [2.05, 4.69) is 9.71 Å². The number of oxazole rings is 1. The van der Waals surface area contributed by atoms with E-state index in [0.717, 1.165) is 5.56 Å². The van der Waals surface area contributed by atoms with Crippen molar-refractivity contribution in [3.05, 3.63) is 58.9 Å². The molecule has 0 fully saturated rings. The summed E-state index contributed by atoms with van der Waals surface area (Å²) in [7, 11) is -3.61. The quantitative estimate of drug-likeness (QED) is 0.793. The Morgan fingerprint density at radius 1 is 1.23 bits per heavy atom. The number of nitrogens with zero attached hydrogens (tertiary/aromatic N) is 1. The zero-order valence-electron chi connectivity index (χ0n) is 11.7. The first kappa shape index (κ1) is 15.0. The lowest BCUT2D eigenvalue weighted by Gasteiger charge is -2.07. The highest BCUT2D eigenvalue weighted by Gasteiger charge is 2.14. The summed E-state index contributed by atoms with van der Waals surface area (Å²) in [5, 5.41) is 0.377. The van der Waals surface area contributed by atoms with Crippen LogP contribution in [0.5, 0.6) is 0 Å². The molecule has 0 bridgehead atoms. The molecule has 0 saturated carbocycles. The van der Waals surface area contributed by atoms with Crippen molar-refractivity contribution in [2.24, 2.45) is 0 Å². The van der Waals surface area contributed by atoms with Crippen LogP contribution in [0.3, 0.4) is 0 Å². The number of rotatable bonds is 4. The van der Waals surface area contributed by atoms with Crippen LogP contribution in [0.1, 0.15) is 11.5 Å². The molecule has 1 N–H and O–H groups in total. The Hall–Kier alpha value is -1.89. The zero-order valence-corrected chi connectivity index (χ0v) is 13.3. The van der Waals surface area contributed by atoms with Crippen LogP contribution in [0.2, 0.25) is 5.02 Å². The molecule has 0 unspecified atom stereocenters. The van der Waals surface area contributed by atoms with E-state index in [1.807, 2.05) is 0 Å². The Morgan fingerprint density at radius 2 is 2.05 bits per heavy atom. The summed E-state index contributed by atoms with van der Waals surface area (Å²) in [6.07, 6.45) is 0. The van der Waals surface area contributed by atoms with Gasteiger partial charge in [0, 0.05) is 18.5 Å². The van der Waals surface area contributed by atoms with Gasteiger partial charge in [-0.2, -0.15) is 0 Å². The second-order valence-electron chi connectivity index (χ2n) is 4.82. The molecule has 0 aliphatic rings. The predicted molar refractivity (Wildman–Crippen MR) is 84.2 cm³/mol. The molecule has 0 saturated heterocycles. The van der Waals surface area contributed by atoms with E-state index in [1.54, 1.807) is 37.3 Å². The van der Waals surface area contributed by atoms with E-state index in [0.29, 0.717) is 22.0 Å². The van der Waals surface area contributed by atoms with Crippen molar-refractivity contribution in [1.29, 1.82) is 0 Å². The molecule has 2 aromatic carbocycles. The summed E-state index contributed by atoms with van der Waals surface area (Å²) in [5.74, 6) is 0.576. The summed E-state index contributed by atoms with van der Waals surface area (Å²) in [6.45, 7) is 1.93. The number of hydrogen-bond acceptors (Lipinski definition) is 4. The van der Waals surface area contributed by atoms with Gasteiger partial charge in [-0.3, -0.25) is 0 Å². The van der Waals surface area contributed by atoms with Gasteiger partial charge in [-0.1, -0.05) is 23.7 Å². The van der Waals surface area contributed by atoms with Crippen molar-refractivity contribution in [3.8, 4) is 0 Å². The maximum atomic E-state index is 12.2. The maximum absolute atomic E-state index is 12.2. The molecule has 1 heterocycles. The molecule has 0 amide bonds. The van der Waals surface area contributed by atoms with E-state index in [-0.39, 0.29) is 11.4 Å². The third-order valence-electron chi connectivity index (χ3n) is 3.13. The minimum atomic E-state index is -3.61. The molecule has 0 aliphatic carbocycles. The van der Waals surface area contributed by atoms with Gasteiger partial charge in [-0.15, -0.1) is 0 Å². The van der Waals surface area contributed by atoms with Crippen molar-refractivity contribution in [2.45, 2.75) is 18.4 Å². The SMILES string of the molecule is Cc1nc2cc(CNS(=O)(=O)c3cccc(Cl)c3)ccc2o1. The molecule has 3 rings (SSSR count). The lowest BCUT2D eigenvalue weighted by atomic mass is 10.2. The molecule has 1 aromatic heterocycles. The lowest BCUT2D eigenvalue weighted by molar-refractivity contribution is 0.561. The summed E-state index contributed by atoms with van der Waals surface area (Å²) in [4.78, 5) is 4.36. The first-order valence-electron chi connectivity index (χ1n) is 6.55. The minimum Gasteiger partial charge on any atom is -0.441 e. The number of benzene rings is 2. The smallest absolute Gasteiger partial charge is 0.240 e. The van der Waals surface area contributed by atoms with Gasteiger partial charge in [0.1, 0.15) is 5.52 Å². The van der Waals surface area contributed by atoms with Gasteiger partial charge in [0.2, 0.25) is 10.0 Å². The van der Waals surface area contributed by atoms with Crippen molar-refractivity contribution in [2.75, 3.05) is 0 Å². The molecular formula is C15H13ClN2O3S. The highest BCUT2D eigenvalue weighted by atomic mass is 35.5. The van der Waals surface area contributed by atoms with Crippen LogP contribution >= 0.6 is 11.6 Å². The second-order valence-corrected chi connectivity index (χ2v) is 7.02. The second kappa shape index (κ2) is 5.72. The summed E-state index contributed by atoms with van der Waals surface area (Å²) in [6, 6.07) is 11.5. The fraction of sp³-hybridized carbons (Fsp3) is 0.133. The van der Waals surface area contributed by atoms with Gasteiger partial charge in [0.25, 0.3) is 0 Å². The number of aryl methyl sites for hydroxylation is 1. The molecule has 0 aliphatic heterocycles. The Balaban J connectivity index is 1.80. The zero-order chi connectivity index (χ0) is 15.7. The molecule has 22 heavy (non-hydrogen) atoms. The average Bonchev–Trinajstić information content (AvgIpc) is 2.84. The van der Waals surface area contributed by atoms with E-state index in [9.17, 15) is 8.42 Å². The molecule has 0 radical (unpaired) electrons. The monoisotopic (exact) mass is 336 g/mol. The van der Waals surface area contributed by atoms with Gasteiger partial charge in [-0.25, -0.2) is 18.1 Å². The summed E-state index contributed by atoms with van der Waals surface area (Å²) in [5.41, 5.74) is 2.18. The van der Waals surface area contributed by atoms with Crippen LogP contribution in [-0.2, 0) is 16.6 Å².